The van der Waals surface area contributed by atoms with Crippen molar-refractivity contribution in [3.8, 4) is 11.1 Å². The van der Waals surface area contributed by atoms with Crippen molar-refractivity contribution in [3.63, 3.8) is 0 Å². The minimum Gasteiger partial charge on any atom is -1.00 e. The first-order valence-electron chi connectivity index (χ1n) is 12.9. The van der Waals surface area contributed by atoms with Gasteiger partial charge in [0.15, 0.2) is 0 Å². The Morgan fingerprint density at radius 3 is 2.11 bits per heavy atom. The number of furan rings is 1. The number of halogens is 2. The fourth-order valence-electron chi connectivity index (χ4n) is 5.56. The summed E-state index contributed by atoms with van der Waals surface area (Å²) < 4.78 is 10.5. The predicted molar refractivity (Wildman–Crippen MR) is 147 cm³/mol. The van der Waals surface area contributed by atoms with Gasteiger partial charge in [0.1, 0.15) is 0 Å². The Hall–Kier alpha value is -1.47. The van der Waals surface area contributed by atoms with E-state index in [-0.39, 0.29) is 35.6 Å². The number of benzene rings is 2. The first kappa shape index (κ1) is 30.1. The molecule has 1 heterocycles. The third-order valence-corrected chi connectivity index (χ3v) is 15.1. The van der Waals surface area contributed by atoms with Gasteiger partial charge in [0.25, 0.3) is 0 Å². The summed E-state index contributed by atoms with van der Waals surface area (Å²) >= 11 is -2.32. The molecule has 0 saturated carbocycles. The molecule has 0 bridgehead atoms. The summed E-state index contributed by atoms with van der Waals surface area (Å²) in [7, 11) is 0. The van der Waals surface area contributed by atoms with Crippen molar-refractivity contribution in [3.05, 3.63) is 92.2 Å². The molecule has 0 radical (unpaired) electrons. The fourth-order valence-corrected chi connectivity index (χ4v) is 13.2. The Balaban J connectivity index is 0.00000190. The molecule has 4 heteroatoms. The van der Waals surface area contributed by atoms with Gasteiger partial charge in [-0.1, -0.05) is 0 Å². The van der Waals surface area contributed by atoms with Crippen molar-refractivity contribution in [2.24, 2.45) is 0 Å². The second-order valence-electron chi connectivity index (χ2n) is 12.5. The van der Waals surface area contributed by atoms with E-state index in [0.29, 0.717) is 0 Å². The van der Waals surface area contributed by atoms with Crippen molar-refractivity contribution < 1.29 is 50.5 Å². The minimum absolute atomic E-state index is 0. The molecule has 0 atom stereocenters. The third-order valence-electron chi connectivity index (χ3n) is 7.58. The smallest absolute Gasteiger partial charge is 1.00 e. The van der Waals surface area contributed by atoms with Gasteiger partial charge in [-0.15, -0.1) is 0 Å². The Bertz CT molecular complexity index is 1400. The summed E-state index contributed by atoms with van der Waals surface area (Å²) in [5, 5.41) is 0. The largest absolute Gasteiger partial charge is 1.00 e. The van der Waals surface area contributed by atoms with Crippen LogP contribution in [-0.2, 0) is 38.5 Å². The number of hydrogen-bond donors (Lipinski definition) is 0. The maximum absolute atomic E-state index is 5.49. The van der Waals surface area contributed by atoms with Crippen LogP contribution in [0.2, 0.25) is 0 Å². The van der Waals surface area contributed by atoms with E-state index in [2.05, 4.69) is 104 Å². The molecule has 1 nitrogen and oxygen atoms in total. The van der Waals surface area contributed by atoms with Gasteiger partial charge in [-0.05, 0) is 0 Å². The molecule has 5 rings (SSSR count). The number of rotatable bonds is 3. The van der Waals surface area contributed by atoms with E-state index in [9.17, 15) is 0 Å². The van der Waals surface area contributed by atoms with Crippen LogP contribution in [0.5, 0.6) is 0 Å². The van der Waals surface area contributed by atoms with Gasteiger partial charge in [-0.2, -0.15) is 0 Å². The zero-order valence-corrected chi connectivity index (χ0v) is 27.3. The van der Waals surface area contributed by atoms with Crippen molar-refractivity contribution in [2.75, 3.05) is 0 Å². The van der Waals surface area contributed by atoms with Crippen molar-refractivity contribution in [1.82, 2.24) is 0 Å². The number of allylic oxidation sites excluding steroid dienone is 4. The second kappa shape index (κ2) is 11.0. The van der Waals surface area contributed by atoms with Crippen LogP contribution in [0.25, 0.3) is 16.7 Å². The average molecular weight is 613 g/mol. The second-order valence-corrected chi connectivity index (χ2v) is 19.6. The van der Waals surface area contributed by atoms with E-state index < -0.39 is 21.3 Å². The minimum atomic E-state index is -2.32. The molecule has 0 N–H and O–H groups in total. The molecule has 2 aliphatic rings. The van der Waals surface area contributed by atoms with Gasteiger partial charge in [-0.25, -0.2) is 0 Å². The topological polar surface area (TPSA) is 13.1 Å². The van der Waals surface area contributed by atoms with Gasteiger partial charge in [0.2, 0.25) is 0 Å². The van der Waals surface area contributed by atoms with Crippen molar-refractivity contribution in [2.45, 2.75) is 79.1 Å². The quantitative estimate of drug-likeness (QED) is 0.346. The van der Waals surface area contributed by atoms with Crippen molar-refractivity contribution in [1.29, 1.82) is 0 Å². The molecule has 0 amide bonds. The fraction of sp³-hybridized carbons (Fsp3) is 0.364. The van der Waals surface area contributed by atoms with Crippen LogP contribution in [0.15, 0.2) is 68.8 Å². The van der Waals surface area contributed by atoms with Crippen LogP contribution >= 0.6 is 0 Å². The number of fused-ring (bicyclic) bond motifs is 3. The Morgan fingerprint density at radius 2 is 1.51 bits per heavy atom. The molecular weight excluding hydrogens is 574 g/mol. The molecule has 0 fully saturated rings. The van der Waals surface area contributed by atoms with Crippen LogP contribution in [-0.4, -0.2) is 3.21 Å². The summed E-state index contributed by atoms with van der Waals surface area (Å²) in [5.74, 6) is 0. The zero-order chi connectivity index (χ0) is 25.1. The molecule has 0 aliphatic heterocycles. The van der Waals surface area contributed by atoms with Crippen LogP contribution in [0.3, 0.4) is 0 Å². The molecule has 0 saturated heterocycles. The number of hydrogen-bond acceptors (Lipinski definition) is 1. The van der Waals surface area contributed by atoms with Crippen LogP contribution in [0, 0.1) is 0 Å². The zero-order valence-electron chi connectivity index (χ0n) is 23.4. The van der Waals surface area contributed by atoms with Gasteiger partial charge >= 0.3 is 220 Å². The summed E-state index contributed by atoms with van der Waals surface area (Å²) in [4.78, 5) is 0. The van der Waals surface area contributed by atoms with E-state index in [1.807, 2.05) is 6.26 Å². The summed E-state index contributed by atoms with van der Waals surface area (Å²) in [6, 6.07) is 14.5. The molecule has 194 valence electrons. The maximum atomic E-state index is 5.49. The molecule has 2 aromatic carbocycles. The van der Waals surface area contributed by atoms with E-state index in [0.717, 1.165) is 12.8 Å². The van der Waals surface area contributed by atoms with Gasteiger partial charge in [-0.3, -0.25) is 0 Å². The van der Waals surface area contributed by atoms with Crippen LogP contribution in [0.1, 0.15) is 89.6 Å². The van der Waals surface area contributed by atoms with E-state index in [1.54, 1.807) is 21.6 Å². The Labute approximate surface area is 243 Å². The van der Waals surface area contributed by atoms with E-state index >= 15 is 0 Å². The average Bonchev–Trinajstić information content (AvgIpc) is 3.51. The molecule has 2 aliphatic carbocycles. The normalized spacial score (nSPS) is 13.9. The summed E-state index contributed by atoms with van der Waals surface area (Å²) in [6.45, 7) is 18.8. The first-order valence-corrected chi connectivity index (χ1v) is 16.6. The van der Waals surface area contributed by atoms with Gasteiger partial charge < -0.3 is 24.8 Å². The monoisotopic (exact) mass is 610 g/mol. The van der Waals surface area contributed by atoms with E-state index in [1.165, 1.54) is 39.0 Å². The van der Waals surface area contributed by atoms with Crippen LogP contribution in [0.4, 0.5) is 0 Å². The third kappa shape index (κ3) is 5.64. The van der Waals surface area contributed by atoms with Gasteiger partial charge in [0, 0.05) is 0 Å². The molecule has 0 unspecified atom stereocenters. The molecular formula is C33H38Cl2OZr. The Morgan fingerprint density at radius 1 is 0.838 bits per heavy atom. The van der Waals surface area contributed by atoms with Crippen LogP contribution < -0.4 is 28.1 Å². The van der Waals surface area contributed by atoms with E-state index in [4.69, 9.17) is 4.42 Å². The standard InChI is InChI=1S/C21H25.C9H7O.C3H6.2ClH.Zr/c1-20(2,3)16-9-7-14-11-15-8-10-17(21(4,5)6)13-19(15)18(14)12-16;1-2-4-8(3-1)9-5-6-10-7-9;1-3-2;;;/h7,9-10,12-13H,11H2,1-6H3;1,3,5-7H,2H2;1-2H3;2*1H;/q;;;;;+2/p-2. The Kier molecular flexibility index (Phi) is 8.91. The maximum Gasteiger partial charge on any atom is -1.00 e. The SMILES string of the molecule is C[C](C)=[Zr+2]([C]1=C(c2ccoc2)C=CC1)[c]1cc(C(C)(C)C)cc2c1Cc1ccc(C(C)(C)C)cc1-2.[Cl-].[Cl-]. The summed E-state index contributed by atoms with van der Waals surface area (Å²) in [6.07, 6.45) is 10.6. The molecule has 37 heavy (non-hydrogen) atoms. The summed E-state index contributed by atoms with van der Waals surface area (Å²) in [5.41, 5.74) is 11.8. The van der Waals surface area contributed by atoms with Crippen molar-refractivity contribution >= 4 is 12.1 Å². The molecule has 1 aromatic heterocycles. The molecule has 3 aromatic rings. The molecule has 0 spiro atoms. The first-order chi connectivity index (χ1) is 16.4. The predicted octanol–water partition coefficient (Wildman–Crippen LogP) is 2.28. The van der Waals surface area contributed by atoms with Gasteiger partial charge in [0.05, 0.1) is 0 Å².